The van der Waals surface area contributed by atoms with E-state index in [4.69, 9.17) is 27.9 Å². The second-order valence-electron chi connectivity index (χ2n) is 5.13. The van der Waals surface area contributed by atoms with Gasteiger partial charge >= 0.3 is 5.97 Å². The highest BCUT2D eigenvalue weighted by molar-refractivity contribution is 8.00. The van der Waals surface area contributed by atoms with Crippen LogP contribution in [0.4, 0.5) is 5.69 Å². The molecule has 0 radical (unpaired) electrons. The lowest BCUT2D eigenvalue weighted by atomic mass is 10.2. The molecule has 0 aliphatic carbocycles. The van der Waals surface area contributed by atoms with Crippen LogP contribution in [0.3, 0.4) is 0 Å². The Morgan fingerprint density at radius 2 is 2.00 bits per heavy atom. The molecule has 0 aromatic heterocycles. The number of para-hydroxylation sites is 1. The fourth-order valence-electron chi connectivity index (χ4n) is 2.30. The molecule has 0 bridgehead atoms. The number of hydrogen-bond acceptors (Lipinski definition) is 4. The van der Waals surface area contributed by atoms with Gasteiger partial charge in [-0.1, -0.05) is 41.4 Å². The molecule has 0 N–H and O–H groups in total. The van der Waals surface area contributed by atoms with Crippen molar-refractivity contribution in [2.45, 2.75) is 11.5 Å². The second kappa shape index (κ2) is 7.47. The lowest BCUT2D eigenvalue weighted by molar-refractivity contribution is -0.144. The number of nitrogens with zero attached hydrogens (tertiary/aromatic N) is 1. The molecule has 24 heavy (non-hydrogen) atoms. The molecular weight excluding hydrogens is 369 g/mol. The highest BCUT2D eigenvalue weighted by atomic mass is 35.5. The molecule has 4 nitrogen and oxygen atoms in total. The SMILES string of the molecule is O=C(CN1C(=O)CSc2ccccc21)OCc1ccc(Cl)cc1Cl. The van der Waals surface area contributed by atoms with E-state index in [1.807, 2.05) is 24.3 Å². The van der Waals surface area contributed by atoms with Crippen molar-refractivity contribution in [3.63, 3.8) is 0 Å². The van der Waals surface area contributed by atoms with Gasteiger partial charge in [0.15, 0.2) is 0 Å². The van der Waals surface area contributed by atoms with E-state index in [0.717, 1.165) is 10.6 Å². The van der Waals surface area contributed by atoms with E-state index in [1.165, 1.54) is 16.7 Å². The Bertz CT molecular complexity index is 797. The number of thioether (sulfide) groups is 1. The zero-order valence-corrected chi connectivity index (χ0v) is 14.8. The third-order valence-electron chi connectivity index (χ3n) is 3.50. The summed E-state index contributed by atoms with van der Waals surface area (Å²) in [4.78, 5) is 26.7. The fourth-order valence-corrected chi connectivity index (χ4v) is 3.70. The van der Waals surface area contributed by atoms with Gasteiger partial charge in [-0.05, 0) is 24.3 Å². The molecule has 1 amide bonds. The number of hydrogen-bond donors (Lipinski definition) is 0. The van der Waals surface area contributed by atoms with Gasteiger partial charge in [0.2, 0.25) is 5.91 Å². The highest BCUT2D eigenvalue weighted by Crippen LogP contribution is 2.34. The summed E-state index contributed by atoms with van der Waals surface area (Å²) in [6, 6.07) is 12.5. The van der Waals surface area contributed by atoms with E-state index in [9.17, 15) is 9.59 Å². The van der Waals surface area contributed by atoms with Crippen LogP contribution in [0.1, 0.15) is 5.56 Å². The summed E-state index contributed by atoms with van der Waals surface area (Å²) in [5, 5.41) is 0.953. The average molecular weight is 382 g/mol. The number of ether oxygens (including phenoxy) is 1. The van der Waals surface area contributed by atoms with Gasteiger partial charge in [-0.15, -0.1) is 11.8 Å². The van der Waals surface area contributed by atoms with E-state index in [2.05, 4.69) is 0 Å². The normalized spacial score (nSPS) is 13.6. The Morgan fingerprint density at radius 1 is 1.21 bits per heavy atom. The Balaban J connectivity index is 1.65. The largest absolute Gasteiger partial charge is 0.459 e. The summed E-state index contributed by atoms with van der Waals surface area (Å²) >= 11 is 13.4. The molecule has 1 aliphatic heterocycles. The van der Waals surface area contributed by atoms with Crippen LogP contribution < -0.4 is 4.90 Å². The molecule has 2 aromatic carbocycles. The third kappa shape index (κ3) is 3.86. The Morgan fingerprint density at radius 3 is 2.79 bits per heavy atom. The van der Waals surface area contributed by atoms with E-state index in [1.54, 1.807) is 18.2 Å². The number of amides is 1. The minimum absolute atomic E-state index is 0.0350. The van der Waals surface area contributed by atoms with Crippen LogP contribution in [0.2, 0.25) is 10.0 Å². The van der Waals surface area contributed by atoms with E-state index in [-0.39, 0.29) is 19.1 Å². The standard InChI is InChI=1S/C17H13Cl2NO3S/c18-12-6-5-11(13(19)7-12)9-23-17(22)8-20-14-3-1-2-4-15(14)24-10-16(20)21/h1-7H,8-10H2. The third-order valence-corrected chi connectivity index (χ3v) is 5.13. The molecule has 0 atom stereocenters. The van der Waals surface area contributed by atoms with Crippen LogP contribution in [-0.2, 0) is 20.9 Å². The monoisotopic (exact) mass is 381 g/mol. The lowest BCUT2D eigenvalue weighted by Gasteiger charge is -2.27. The molecular formula is C17H13Cl2NO3S. The van der Waals surface area contributed by atoms with Crippen LogP contribution in [0.25, 0.3) is 0 Å². The molecule has 2 aromatic rings. The zero-order valence-electron chi connectivity index (χ0n) is 12.5. The summed E-state index contributed by atoms with van der Waals surface area (Å²) in [7, 11) is 0. The minimum Gasteiger partial charge on any atom is -0.459 e. The lowest BCUT2D eigenvalue weighted by Crippen LogP contribution is -2.39. The number of fused-ring (bicyclic) bond motifs is 1. The first-order valence-corrected chi connectivity index (χ1v) is 8.90. The quantitative estimate of drug-likeness (QED) is 0.745. The molecule has 124 valence electrons. The number of anilines is 1. The maximum Gasteiger partial charge on any atom is 0.326 e. The van der Waals surface area contributed by atoms with Crippen molar-refractivity contribution in [3.8, 4) is 0 Å². The molecule has 7 heteroatoms. The van der Waals surface area contributed by atoms with Crippen LogP contribution in [0, 0.1) is 0 Å². The van der Waals surface area contributed by atoms with Gasteiger partial charge in [0.05, 0.1) is 11.4 Å². The fraction of sp³-hybridized carbons (Fsp3) is 0.176. The molecule has 0 saturated heterocycles. The highest BCUT2D eigenvalue weighted by Gasteiger charge is 2.26. The number of halogens is 2. The summed E-state index contributed by atoms with van der Waals surface area (Å²) < 4.78 is 5.25. The maximum atomic E-state index is 12.1. The predicted octanol–water partition coefficient (Wildman–Crippen LogP) is 4.18. The van der Waals surface area contributed by atoms with Gasteiger partial charge in [0.1, 0.15) is 13.2 Å². The van der Waals surface area contributed by atoms with E-state index < -0.39 is 5.97 Å². The summed E-state index contributed by atoms with van der Waals surface area (Å²) in [5.74, 6) is -0.288. The molecule has 0 unspecified atom stereocenters. The molecule has 0 spiro atoms. The zero-order chi connectivity index (χ0) is 17.1. The van der Waals surface area contributed by atoms with Crippen molar-refractivity contribution in [3.05, 3.63) is 58.1 Å². The van der Waals surface area contributed by atoms with Crippen LogP contribution in [0.5, 0.6) is 0 Å². The van der Waals surface area contributed by atoms with Crippen LogP contribution >= 0.6 is 35.0 Å². The van der Waals surface area contributed by atoms with Gasteiger partial charge < -0.3 is 4.74 Å². The number of carbonyl (C=O) groups excluding carboxylic acids is 2. The summed E-state index contributed by atoms with van der Waals surface area (Å²) in [5.41, 5.74) is 1.40. The molecule has 1 heterocycles. The minimum atomic E-state index is -0.490. The maximum absolute atomic E-state index is 12.1. The predicted molar refractivity (Wildman–Crippen MR) is 95.8 cm³/mol. The number of carbonyl (C=O) groups is 2. The van der Waals surface area contributed by atoms with E-state index >= 15 is 0 Å². The second-order valence-corrected chi connectivity index (χ2v) is 6.99. The smallest absolute Gasteiger partial charge is 0.326 e. The van der Waals surface area contributed by atoms with Gasteiger partial charge in [-0.2, -0.15) is 0 Å². The topological polar surface area (TPSA) is 46.6 Å². The Kier molecular flexibility index (Phi) is 5.33. The van der Waals surface area contributed by atoms with Crippen molar-refractivity contribution in [2.24, 2.45) is 0 Å². The number of benzene rings is 2. The van der Waals surface area contributed by atoms with Gasteiger partial charge in [-0.3, -0.25) is 14.5 Å². The molecule has 1 aliphatic rings. The first-order valence-electron chi connectivity index (χ1n) is 7.16. The van der Waals surface area contributed by atoms with Crippen molar-refractivity contribution >= 4 is 52.5 Å². The Hall–Kier alpha value is -1.69. The van der Waals surface area contributed by atoms with Gasteiger partial charge in [-0.25, -0.2) is 0 Å². The van der Waals surface area contributed by atoms with Crippen LogP contribution in [-0.4, -0.2) is 24.2 Å². The van der Waals surface area contributed by atoms with Gasteiger partial charge in [0, 0.05) is 20.5 Å². The first kappa shape index (κ1) is 17.1. The molecule has 0 fully saturated rings. The molecule has 0 saturated carbocycles. The van der Waals surface area contributed by atoms with Gasteiger partial charge in [0.25, 0.3) is 0 Å². The van der Waals surface area contributed by atoms with Crippen molar-refractivity contribution in [1.82, 2.24) is 0 Å². The Labute approximate surface area is 153 Å². The van der Waals surface area contributed by atoms with Crippen molar-refractivity contribution in [1.29, 1.82) is 0 Å². The number of esters is 1. The average Bonchev–Trinajstić information content (AvgIpc) is 2.57. The first-order chi connectivity index (χ1) is 11.5. The van der Waals surface area contributed by atoms with Crippen molar-refractivity contribution < 1.29 is 14.3 Å². The van der Waals surface area contributed by atoms with Crippen LogP contribution in [0.15, 0.2) is 47.4 Å². The molecule has 3 rings (SSSR count). The van der Waals surface area contributed by atoms with E-state index in [0.29, 0.717) is 21.4 Å². The van der Waals surface area contributed by atoms with Crippen molar-refractivity contribution in [2.75, 3.05) is 17.2 Å². The summed E-state index contributed by atoms with van der Waals surface area (Å²) in [6.45, 7) is -0.0884. The number of rotatable bonds is 4. The summed E-state index contributed by atoms with van der Waals surface area (Å²) in [6.07, 6.45) is 0.